The van der Waals surface area contributed by atoms with Crippen LogP contribution in [0.4, 0.5) is 0 Å². The normalized spacial score (nSPS) is 18.5. The second-order valence-electron chi connectivity index (χ2n) is 6.25. The summed E-state index contributed by atoms with van der Waals surface area (Å²) < 4.78 is 0. The summed E-state index contributed by atoms with van der Waals surface area (Å²) >= 11 is 1.85. The van der Waals surface area contributed by atoms with Gasteiger partial charge in [0.25, 0.3) is 0 Å². The average molecular weight is 341 g/mol. The van der Waals surface area contributed by atoms with E-state index in [-0.39, 0.29) is 12.3 Å². The second-order valence-corrected chi connectivity index (χ2v) is 7.34. The van der Waals surface area contributed by atoms with Gasteiger partial charge in [-0.1, -0.05) is 48.5 Å². The number of hydrogen-bond acceptors (Lipinski definition) is 3. The van der Waals surface area contributed by atoms with Gasteiger partial charge >= 0.3 is 0 Å². The van der Waals surface area contributed by atoms with Crippen molar-refractivity contribution in [2.24, 2.45) is 5.92 Å². The van der Waals surface area contributed by atoms with Gasteiger partial charge in [-0.25, -0.2) is 0 Å². The number of rotatable bonds is 6. The van der Waals surface area contributed by atoms with Gasteiger partial charge in [0, 0.05) is 23.7 Å². The molecule has 2 atom stereocenters. The lowest BCUT2D eigenvalue weighted by Crippen LogP contribution is -2.30. The molecule has 1 aliphatic heterocycles. The predicted octanol–water partition coefficient (Wildman–Crippen LogP) is 3.75. The fraction of sp³-hybridized carbons (Fsp3) is 0.350. The molecule has 2 unspecified atom stereocenters. The second kappa shape index (κ2) is 8.36. The molecular weight excluding hydrogens is 318 g/mol. The number of aliphatic hydroxyl groups is 1. The van der Waals surface area contributed by atoms with Crippen LogP contribution in [0.25, 0.3) is 0 Å². The van der Waals surface area contributed by atoms with E-state index in [1.807, 2.05) is 53.1 Å². The van der Waals surface area contributed by atoms with E-state index in [4.69, 9.17) is 0 Å². The first kappa shape index (κ1) is 17.1. The van der Waals surface area contributed by atoms with Crippen molar-refractivity contribution >= 4 is 17.7 Å². The maximum Gasteiger partial charge on any atom is 0.225 e. The highest BCUT2D eigenvalue weighted by Gasteiger charge is 2.27. The Bertz CT molecular complexity index is 647. The lowest BCUT2D eigenvalue weighted by Gasteiger charge is -2.19. The molecule has 0 saturated carbocycles. The minimum absolute atomic E-state index is 0.0542. The summed E-state index contributed by atoms with van der Waals surface area (Å²) in [5.74, 6) is 1.63. The maximum absolute atomic E-state index is 12.4. The van der Waals surface area contributed by atoms with Crippen molar-refractivity contribution in [2.75, 3.05) is 18.8 Å². The molecular formula is C20H23NO2S. The average Bonchev–Trinajstić information content (AvgIpc) is 3.11. The Morgan fingerprint density at radius 1 is 1.12 bits per heavy atom. The van der Waals surface area contributed by atoms with Crippen molar-refractivity contribution in [3.8, 4) is 0 Å². The number of benzene rings is 2. The first-order chi connectivity index (χ1) is 11.7. The monoisotopic (exact) mass is 341 g/mol. The van der Waals surface area contributed by atoms with E-state index < -0.39 is 6.10 Å². The first-order valence-electron chi connectivity index (χ1n) is 8.41. The van der Waals surface area contributed by atoms with E-state index in [1.54, 1.807) is 0 Å². The van der Waals surface area contributed by atoms with E-state index in [1.165, 1.54) is 4.90 Å². The lowest BCUT2D eigenvalue weighted by molar-refractivity contribution is -0.132. The quantitative estimate of drug-likeness (QED) is 0.814. The Labute approximate surface area is 147 Å². The van der Waals surface area contributed by atoms with Gasteiger partial charge in [-0.3, -0.25) is 4.79 Å². The smallest absolute Gasteiger partial charge is 0.225 e. The van der Waals surface area contributed by atoms with Gasteiger partial charge in [0.2, 0.25) is 5.91 Å². The van der Waals surface area contributed by atoms with Crippen molar-refractivity contribution in [2.45, 2.75) is 23.8 Å². The molecule has 24 heavy (non-hydrogen) atoms. The molecule has 1 N–H and O–H groups in total. The highest BCUT2D eigenvalue weighted by atomic mass is 32.2. The molecule has 1 saturated heterocycles. The van der Waals surface area contributed by atoms with Crippen LogP contribution in [-0.4, -0.2) is 34.8 Å². The van der Waals surface area contributed by atoms with Gasteiger partial charge in [0.1, 0.15) is 0 Å². The van der Waals surface area contributed by atoms with Crippen LogP contribution in [0.3, 0.4) is 0 Å². The topological polar surface area (TPSA) is 40.5 Å². The molecule has 126 valence electrons. The maximum atomic E-state index is 12.4. The van der Waals surface area contributed by atoms with Gasteiger partial charge in [-0.2, -0.15) is 0 Å². The van der Waals surface area contributed by atoms with Crippen molar-refractivity contribution in [3.63, 3.8) is 0 Å². The van der Waals surface area contributed by atoms with E-state index in [0.717, 1.165) is 30.8 Å². The number of thioether (sulfide) groups is 1. The number of hydrogen-bond donors (Lipinski definition) is 1. The van der Waals surface area contributed by atoms with E-state index >= 15 is 0 Å². The number of nitrogens with zero attached hydrogens (tertiary/aromatic N) is 1. The van der Waals surface area contributed by atoms with Gasteiger partial charge in [0.05, 0.1) is 12.5 Å². The summed E-state index contributed by atoms with van der Waals surface area (Å²) in [5, 5.41) is 10.2. The van der Waals surface area contributed by atoms with Gasteiger partial charge in [-0.05, 0) is 30.0 Å². The van der Waals surface area contributed by atoms with Crippen LogP contribution >= 0.6 is 11.8 Å². The highest BCUT2D eigenvalue weighted by Crippen LogP contribution is 2.27. The summed E-state index contributed by atoms with van der Waals surface area (Å²) in [5.41, 5.74) is 0.807. The van der Waals surface area contributed by atoms with Crippen LogP contribution in [0.2, 0.25) is 0 Å². The molecule has 2 aromatic carbocycles. The van der Waals surface area contributed by atoms with Gasteiger partial charge in [-0.15, -0.1) is 11.8 Å². The highest BCUT2D eigenvalue weighted by molar-refractivity contribution is 7.99. The van der Waals surface area contributed by atoms with Crippen LogP contribution in [0, 0.1) is 5.92 Å². The number of carbonyl (C=O) groups excluding carboxylic acids is 1. The Morgan fingerprint density at radius 3 is 2.50 bits per heavy atom. The third kappa shape index (κ3) is 4.62. The standard InChI is InChI=1S/C20H23NO2S/c22-19(17-7-3-1-4-8-17)13-20(23)21-12-11-16(14-21)15-24-18-9-5-2-6-10-18/h1-10,16,19,22H,11-15H2. The summed E-state index contributed by atoms with van der Waals surface area (Å²) in [6.45, 7) is 1.61. The third-order valence-corrected chi connectivity index (χ3v) is 5.66. The van der Waals surface area contributed by atoms with Crippen molar-refractivity contribution in [3.05, 3.63) is 66.2 Å². The van der Waals surface area contributed by atoms with E-state index in [0.29, 0.717) is 5.92 Å². The molecule has 2 aromatic rings. The molecule has 4 heteroatoms. The first-order valence-corrected chi connectivity index (χ1v) is 9.39. The zero-order chi connectivity index (χ0) is 16.8. The molecule has 0 aromatic heterocycles. The Balaban J connectivity index is 1.45. The van der Waals surface area contributed by atoms with Crippen LogP contribution in [0.15, 0.2) is 65.6 Å². The van der Waals surface area contributed by atoms with Crippen LogP contribution in [0.5, 0.6) is 0 Å². The van der Waals surface area contributed by atoms with Gasteiger partial charge < -0.3 is 10.0 Å². The van der Waals surface area contributed by atoms with Gasteiger partial charge in [0.15, 0.2) is 0 Å². The van der Waals surface area contributed by atoms with Crippen molar-refractivity contribution in [1.82, 2.24) is 4.90 Å². The fourth-order valence-corrected chi connectivity index (χ4v) is 4.06. The lowest BCUT2D eigenvalue weighted by atomic mass is 10.1. The fourth-order valence-electron chi connectivity index (χ4n) is 3.01. The Hall–Kier alpha value is -1.78. The van der Waals surface area contributed by atoms with Crippen molar-refractivity contribution in [1.29, 1.82) is 0 Å². The largest absolute Gasteiger partial charge is 0.388 e. The molecule has 0 bridgehead atoms. The SMILES string of the molecule is O=C(CC(O)c1ccccc1)N1CCC(CSc2ccccc2)C1. The molecule has 1 heterocycles. The molecule has 3 rings (SSSR count). The van der Waals surface area contributed by atoms with E-state index in [2.05, 4.69) is 24.3 Å². The minimum atomic E-state index is -0.712. The molecule has 0 aliphatic carbocycles. The third-order valence-electron chi connectivity index (χ3n) is 4.42. The molecule has 1 fully saturated rings. The number of carbonyl (C=O) groups is 1. The summed E-state index contributed by atoms with van der Waals surface area (Å²) in [6, 6.07) is 19.8. The summed E-state index contributed by atoms with van der Waals surface area (Å²) in [7, 11) is 0. The Kier molecular flexibility index (Phi) is 5.94. The molecule has 0 radical (unpaired) electrons. The Morgan fingerprint density at radius 2 is 1.79 bits per heavy atom. The van der Waals surface area contributed by atoms with E-state index in [9.17, 15) is 9.90 Å². The van der Waals surface area contributed by atoms with Crippen molar-refractivity contribution < 1.29 is 9.90 Å². The molecule has 1 amide bonds. The number of likely N-dealkylation sites (tertiary alicyclic amines) is 1. The van der Waals surface area contributed by atoms with Crippen LogP contribution < -0.4 is 0 Å². The predicted molar refractivity (Wildman–Crippen MR) is 97.9 cm³/mol. The van der Waals surface area contributed by atoms with Crippen LogP contribution in [0.1, 0.15) is 24.5 Å². The summed E-state index contributed by atoms with van der Waals surface area (Å²) in [6.07, 6.45) is 0.506. The molecule has 1 aliphatic rings. The zero-order valence-electron chi connectivity index (χ0n) is 13.7. The molecule has 0 spiro atoms. The zero-order valence-corrected chi connectivity index (χ0v) is 14.5. The molecule has 3 nitrogen and oxygen atoms in total. The minimum Gasteiger partial charge on any atom is -0.388 e. The number of amides is 1. The number of aliphatic hydroxyl groups excluding tert-OH is 1. The van der Waals surface area contributed by atoms with Crippen LogP contribution in [-0.2, 0) is 4.79 Å². The summed E-state index contributed by atoms with van der Waals surface area (Å²) in [4.78, 5) is 15.6.